The maximum atomic E-state index is 12.2. The first kappa shape index (κ1) is 20.6. The fourth-order valence-electron chi connectivity index (χ4n) is 3.30. The van der Waals surface area contributed by atoms with E-state index in [1.165, 1.54) is 4.57 Å². The van der Waals surface area contributed by atoms with E-state index in [-0.39, 0.29) is 13.0 Å². The largest absolute Gasteiger partial charge is 0.426 e. The zero-order valence-corrected chi connectivity index (χ0v) is 17.5. The molecule has 11 heteroatoms. The van der Waals surface area contributed by atoms with Crippen LogP contribution in [0.4, 0.5) is 0 Å². The lowest BCUT2D eigenvalue weighted by atomic mass is 10.1. The Morgan fingerprint density at radius 3 is 2.90 bits per heavy atom. The maximum absolute atomic E-state index is 12.2. The van der Waals surface area contributed by atoms with E-state index < -0.39 is 32.6 Å². The minimum atomic E-state index is -2.64. The monoisotopic (exact) mass is 440 g/mol. The molecule has 2 aliphatic rings. The van der Waals surface area contributed by atoms with Gasteiger partial charge in [-0.25, -0.2) is 9.32 Å². The number of aliphatic hydroxyl groups is 2. The third-order valence-electron chi connectivity index (χ3n) is 4.87. The van der Waals surface area contributed by atoms with Gasteiger partial charge in [-0.3, -0.25) is 14.1 Å². The highest BCUT2D eigenvalue weighted by molar-refractivity contribution is 7.71. The minimum Gasteiger partial charge on any atom is -0.426 e. The SMILES string of the molecule is Cc1cccc2c1OP(OC(O)(O)C1CCC(n3cc(C)c(=S)[nH]c3=O)O1)OC2. The summed E-state index contributed by atoms with van der Waals surface area (Å²) in [4.78, 5) is 14.7. The van der Waals surface area contributed by atoms with Crippen LogP contribution in [-0.2, 0) is 20.4 Å². The first-order chi connectivity index (χ1) is 13.7. The highest BCUT2D eigenvalue weighted by Gasteiger charge is 2.47. The lowest BCUT2D eigenvalue weighted by Gasteiger charge is -2.32. The molecule has 3 N–H and O–H groups in total. The number of rotatable bonds is 4. The zero-order chi connectivity index (χ0) is 20.8. The van der Waals surface area contributed by atoms with Gasteiger partial charge in [-0.15, -0.1) is 0 Å². The molecule has 0 aliphatic carbocycles. The molecule has 2 aliphatic heterocycles. The summed E-state index contributed by atoms with van der Waals surface area (Å²) < 4.78 is 23.9. The number of benzene rings is 1. The van der Waals surface area contributed by atoms with Crippen LogP contribution in [0.5, 0.6) is 5.75 Å². The van der Waals surface area contributed by atoms with E-state index in [0.29, 0.717) is 22.4 Å². The Morgan fingerprint density at radius 2 is 2.10 bits per heavy atom. The Bertz CT molecular complexity index is 1040. The van der Waals surface area contributed by atoms with Crippen LogP contribution in [0.15, 0.2) is 29.2 Å². The molecule has 3 unspecified atom stereocenters. The first-order valence-corrected chi connectivity index (χ1v) is 10.6. The van der Waals surface area contributed by atoms with E-state index in [1.54, 1.807) is 13.1 Å². The van der Waals surface area contributed by atoms with Crippen molar-refractivity contribution in [2.75, 3.05) is 0 Å². The van der Waals surface area contributed by atoms with Gasteiger partial charge in [-0.2, -0.15) is 0 Å². The van der Waals surface area contributed by atoms with Crippen LogP contribution in [-0.4, -0.2) is 31.8 Å². The number of H-pyrrole nitrogens is 1. The Balaban J connectivity index is 1.45. The van der Waals surface area contributed by atoms with Gasteiger partial charge in [0.2, 0.25) is 0 Å². The predicted molar refractivity (Wildman–Crippen MR) is 106 cm³/mol. The fourth-order valence-corrected chi connectivity index (χ4v) is 4.57. The van der Waals surface area contributed by atoms with Crippen molar-refractivity contribution in [3.63, 3.8) is 0 Å². The molecule has 1 saturated heterocycles. The molecular formula is C18H21N2O7PS. The number of fused-ring (bicyclic) bond motifs is 1. The molecule has 29 heavy (non-hydrogen) atoms. The fraction of sp³-hybridized carbons (Fsp3) is 0.444. The zero-order valence-electron chi connectivity index (χ0n) is 15.8. The highest BCUT2D eigenvalue weighted by Crippen LogP contribution is 2.51. The van der Waals surface area contributed by atoms with Crippen molar-refractivity contribution in [1.29, 1.82) is 0 Å². The van der Waals surface area contributed by atoms with Gasteiger partial charge in [0.1, 0.15) is 22.7 Å². The van der Waals surface area contributed by atoms with Crippen LogP contribution in [0.2, 0.25) is 0 Å². The van der Waals surface area contributed by atoms with E-state index in [0.717, 1.165) is 11.1 Å². The van der Waals surface area contributed by atoms with Gasteiger partial charge >= 0.3 is 20.3 Å². The van der Waals surface area contributed by atoms with Crippen molar-refractivity contribution in [3.05, 3.63) is 56.2 Å². The van der Waals surface area contributed by atoms with E-state index in [9.17, 15) is 15.0 Å². The van der Waals surface area contributed by atoms with Gasteiger partial charge in [-0.1, -0.05) is 30.4 Å². The van der Waals surface area contributed by atoms with Crippen molar-refractivity contribution < 1.29 is 28.5 Å². The van der Waals surface area contributed by atoms with Crippen molar-refractivity contribution in [2.24, 2.45) is 0 Å². The molecule has 156 valence electrons. The number of hydrogen-bond donors (Lipinski definition) is 3. The molecule has 1 aromatic heterocycles. The highest BCUT2D eigenvalue weighted by atomic mass is 32.1. The molecule has 0 spiro atoms. The summed E-state index contributed by atoms with van der Waals surface area (Å²) in [6.45, 7) is 3.90. The van der Waals surface area contributed by atoms with Gasteiger partial charge in [0.05, 0.1) is 6.61 Å². The third-order valence-corrected chi connectivity index (χ3v) is 6.38. The predicted octanol–water partition coefficient (Wildman–Crippen LogP) is 2.69. The Labute approximate surface area is 172 Å². The van der Waals surface area contributed by atoms with Gasteiger partial charge < -0.3 is 19.5 Å². The molecule has 9 nitrogen and oxygen atoms in total. The molecule has 0 saturated carbocycles. The van der Waals surface area contributed by atoms with Gasteiger partial charge in [-0.05, 0) is 32.3 Å². The molecule has 1 aromatic carbocycles. The molecule has 3 atom stereocenters. The van der Waals surface area contributed by atoms with Crippen LogP contribution < -0.4 is 10.2 Å². The Kier molecular flexibility index (Phi) is 5.60. The summed E-state index contributed by atoms with van der Waals surface area (Å²) in [7, 11) is -2.03. The second kappa shape index (κ2) is 7.88. The maximum Gasteiger partial charge on any atom is 0.402 e. The molecule has 2 aromatic rings. The lowest BCUT2D eigenvalue weighted by Crippen LogP contribution is -2.44. The van der Waals surface area contributed by atoms with Crippen molar-refractivity contribution in [1.82, 2.24) is 9.55 Å². The van der Waals surface area contributed by atoms with Gasteiger partial charge in [0.15, 0.2) is 0 Å². The smallest absolute Gasteiger partial charge is 0.402 e. The molecular weight excluding hydrogens is 419 g/mol. The minimum absolute atomic E-state index is 0.241. The summed E-state index contributed by atoms with van der Waals surface area (Å²) in [6, 6.07) is 5.65. The van der Waals surface area contributed by atoms with Gasteiger partial charge in [0, 0.05) is 17.3 Å². The average Bonchev–Trinajstić information content (AvgIpc) is 3.16. The second-order valence-corrected chi connectivity index (χ2v) is 8.52. The number of para-hydroxylation sites is 1. The lowest BCUT2D eigenvalue weighted by molar-refractivity contribution is -0.346. The molecule has 0 radical (unpaired) electrons. The molecule has 0 amide bonds. The molecule has 0 bridgehead atoms. The topological polar surface area (TPSA) is 115 Å². The van der Waals surface area contributed by atoms with Crippen molar-refractivity contribution in [2.45, 2.75) is 51.6 Å². The van der Waals surface area contributed by atoms with Crippen LogP contribution in [0, 0.1) is 18.5 Å². The molecule has 1 fully saturated rings. The first-order valence-electron chi connectivity index (χ1n) is 9.05. The summed E-state index contributed by atoms with van der Waals surface area (Å²) >= 11 is 5.05. The molecule has 3 heterocycles. The summed E-state index contributed by atoms with van der Waals surface area (Å²) in [5.41, 5.74) is 2.05. The molecule has 4 rings (SSSR count). The second-order valence-electron chi connectivity index (χ2n) is 7.04. The number of nitrogens with zero attached hydrogens (tertiary/aromatic N) is 1. The Morgan fingerprint density at radius 1 is 1.31 bits per heavy atom. The van der Waals surface area contributed by atoms with E-state index in [2.05, 4.69) is 4.98 Å². The van der Waals surface area contributed by atoms with E-state index in [4.69, 9.17) is 30.5 Å². The van der Waals surface area contributed by atoms with Crippen LogP contribution in [0.1, 0.15) is 35.8 Å². The average molecular weight is 440 g/mol. The van der Waals surface area contributed by atoms with Crippen LogP contribution >= 0.6 is 20.8 Å². The normalized spacial score (nSPS) is 24.2. The van der Waals surface area contributed by atoms with Crippen LogP contribution in [0.25, 0.3) is 0 Å². The van der Waals surface area contributed by atoms with E-state index in [1.807, 2.05) is 25.1 Å². The summed E-state index contributed by atoms with van der Waals surface area (Å²) in [6.07, 6.45) is 0.475. The number of aromatic amines is 1. The number of nitrogens with one attached hydrogen (secondary N) is 1. The standard InChI is InChI=1S/C18H21N2O7PS/c1-10-4-3-5-12-9-24-28(26-15(10)12)27-18(22,23)13-6-7-14(25-13)20-8-11(2)16(29)19-17(20)21/h3-5,8,13-14,22-23H,6-7,9H2,1-2H3,(H,19,21,29). The van der Waals surface area contributed by atoms with Crippen molar-refractivity contribution >= 4 is 20.8 Å². The van der Waals surface area contributed by atoms with Crippen LogP contribution in [0.3, 0.4) is 0 Å². The van der Waals surface area contributed by atoms with Gasteiger partial charge in [0.25, 0.3) is 0 Å². The number of ether oxygens (including phenoxy) is 1. The van der Waals surface area contributed by atoms with Crippen molar-refractivity contribution in [3.8, 4) is 5.75 Å². The van der Waals surface area contributed by atoms with E-state index >= 15 is 0 Å². The quantitative estimate of drug-likeness (QED) is 0.378. The number of aryl methyl sites for hydroxylation is 2. The summed E-state index contributed by atoms with van der Waals surface area (Å²) in [5, 5.41) is 20.9. The third kappa shape index (κ3) is 4.15. The summed E-state index contributed by atoms with van der Waals surface area (Å²) in [5.74, 6) is -2.02. The number of hydrogen-bond acceptors (Lipinski definition) is 8. The number of aromatic nitrogens is 2. The Hall–Kier alpha value is -1.65.